The first-order valence-corrected chi connectivity index (χ1v) is 7.91. The minimum absolute atomic E-state index is 0.291. The van der Waals surface area contributed by atoms with Crippen LogP contribution in [0, 0.1) is 17.3 Å². The normalized spacial score (nSPS) is 33.3. The van der Waals surface area contributed by atoms with Crippen LogP contribution in [0.25, 0.3) is 0 Å². The molecule has 0 aromatic rings. The van der Waals surface area contributed by atoms with Crippen molar-refractivity contribution in [3.63, 3.8) is 0 Å². The van der Waals surface area contributed by atoms with E-state index < -0.39 is 0 Å². The average Bonchev–Trinajstić information content (AvgIpc) is 2.38. The number of carbonyl (C=O) groups excluding carboxylic acids is 1. The van der Waals surface area contributed by atoms with E-state index >= 15 is 0 Å². The fourth-order valence-corrected chi connectivity index (χ4v) is 3.61. The van der Waals surface area contributed by atoms with Gasteiger partial charge in [-0.25, -0.2) is 0 Å². The van der Waals surface area contributed by atoms with E-state index in [0.29, 0.717) is 23.3 Å². The summed E-state index contributed by atoms with van der Waals surface area (Å²) < 4.78 is 0. The molecule has 1 heterocycles. The smallest absolute Gasteiger partial charge is 0.226 e. The second-order valence-electron chi connectivity index (χ2n) is 7.50. The van der Waals surface area contributed by atoms with Gasteiger partial charge < -0.3 is 10.2 Å². The van der Waals surface area contributed by atoms with Gasteiger partial charge in [-0.15, -0.1) is 0 Å². The number of rotatable bonds is 1. The maximum atomic E-state index is 12.6. The number of piperazine rings is 1. The van der Waals surface area contributed by atoms with E-state index in [-0.39, 0.29) is 0 Å². The van der Waals surface area contributed by atoms with E-state index in [2.05, 4.69) is 37.9 Å². The molecule has 0 radical (unpaired) electrons. The van der Waals surface area contributed by atoms with Crippen molar-refractivity contribution in [2.75, 3.05) is 19.6 Å². The molecule has 3 nitrogen and oxygen atoms in total. The first-order valence-electron chi connectivity index (χ1n) is 7.91. The summed E-state index contributed by atoms with van der Waals surface area (Å²) in [6.45, 7) is 11.9. The van der Waals surface area contributed by atoms with Gasteiger partial charge in [0.05, 0.1) is 0 Å². The van der Waals surface area contributed by atoms with Gasteiger partial charge in [0, 0.05) is 31.6 Å². The van der Waals surface area contributed by atoms with Crippen LogP contribution in [0.4, 0.5) is 0 Å². The van der Waals surface area contributed by atoms with Crippen LogP contribution >= 0.6 is 0 Å². The predicted molar refractivity (Wildman–Crippen MR) is 78.9 cm³/mol. The highest BCUT2D eigenvalue weighted by atomic mass is 16.2. The number of hydrogen-bond donors (Lipinski definition) is 1. The van der Waals surface area contributed by atoms with Gasteiger partial charge in [-0.05, 0) is 43.9 Å². The van der Waals surface area contributed by atoms with Crippen molar-refractivity contribution < 1.29 is 4.79 Å². The number of nitrogens with zero attached hydrogens (tertiary/aromatic N) is 1. The quantitative estimate of drug-likeness (QED) is 0.791. The zero-order chi connectivity index (χ0) is 14.0. The van der Waals surface area contributed by atoms with Crippen LogP contribution in [0.15, 0.2) is 0 Å². The molecule has 1 aliphatic heterocycles. The molecule has 1 N–H and O–H groups in total. The first kappa shape index (κ1) is 14.8. The average molecular weight is 266 g/mol. The molecule has 1 atom stereocenters. The third-order valence-corrected chi connectivity index (χ3v) is 5.09. The molecule has 1 saturated heterocycles. The maximum Gasteiger partial charge on any atom is 0.226 e. The molecule has 2 aliphatic rings. The Morgan fingerprint density at radius 1 is 1.16 bits per heavy atom. The first-order chi connectivity index (χ1) is 8.89. The molecule has 2 fully saturated rings. The van der Waals surface area contributed by atoms with Gasteiger partial charge in [-0.3, -0.25) is 4.79 Å². The summed E-state index contributed by atoms with van der Waals surface area (Å²) in [6.07, 6.45) is 4.63. The van der Waals surface area contributed by atoms with Crippen molar-refractivity contribution in [3.8, 4) is 0 Å². The lowest BCUT2D eigenvalue weighted by molar-refractivity contribution is -0.140. The van der Waals surface area contributed by atoms with Crippen LogP contribution in [0.1, 0.15) is 53.4 Å². The molecule has 2 rings (SSSR count). The summed E-state index contributed by atoms with van der Waals surface area (Å²) >= 11 is 0. The van der Waals surface area contributed by atoms with Crippen LogP contribution in [0.2, 0.25) is 0 Å². The van der Waals surface area contributed by atoms with Crippen molar-refractivity contribution >= 4 is 5.91 Å². The topological polar surface area (TPSA) is 32.3 Å². The summed E-state index contributed by atoms with van der Waals surface area (Å²) in [5.74, 6) is 1.50. The Balaban J connectivity index is 1.88. The van der Waals surface area contributed by atoms with Crippen molar-refractivity contribution in [1.82, 2.24) is 10.2 Å². The van der Waals surface area contributed by atoms with Gasteiger partial charge in [0.25, 0.3) is 0 Å². The SMILES string of the molecule is CC1CNCCN1C(=O)C1CCC(C(C)(C)C)CC1. The summed E-state index contributed by atoms with van der Waals surface area (Å²) in [4.78, 5) is 14.7. The number of carbonyl (C=O) groups is 1. The molecule has 110 valence electrons. The summed E-state index contributed by atoms with van der Waals surface area (Å²) in [5, 5.41) is 3.36. The standard InChI is InChI=1S/C16H30N2O/c1-12-11-17-9-10-18(12)15(19)13-5-7-14(8-6-13)16(2,3)4/h12-14,17H,5-11H2,1-4H3. The maximum absolute atomic E-state index is 12.6. The van der Waals surface area contributed by atoms with Crippen LogP contribution in [0.3, 0.4) is 0 Å². The van der Waals surface area contributed by atoms with Gasteiger partial charge in [0.2, 0.25) is 5.91 Å². The molecular weight excluding hydrogens is 236 g/mol. The molecule has 0 spiro atoms. The molecular formula is C16H30N2O. The fourth-order valence-electron chi connectivity index (χ4n) is 3.61. The molecule has 1 amide bonds. The molecule has 0 bridgehead atoms. The van der Waals surface area contributed by atoms with Gasteiger partial charge >= 0.3 is 0 Å². The van der Waals surface area contributed by atoms with E-state index in [0.717, 1.165) is 38.4 Å². The van der Waals surface area contributed by atoms with Crippen LogP contribution in [0.5, 0.6) is 0 Å². The van der Waals surface area contributed by atoms with Crippen LogP contribution < -0.4 is 5.32 Å². The third-order valence-electron chi connectivity index (χ3n) is 5.09. The molecule has 1 saturated carbocycles. The molecule has 0 aromatic heterocycles. The molecule has 0 aromatic carbocycles. The summed E-state index contributed by atoms with van der Waals surface area (Å²) in [5.41, 5.74) is 0.399. The van der Waals surface area contributed by atoms with Gasteiger partial charge in [-0.1, -0.05) is 20.8 Å². The minimum Gasteiger partial charge on any atom is -0.337 e. The minimum atomic E-state index is 0.291. The number of hydrogen-bond acceptors (Lipinski definition) is 2. The lowest BCUT2D eigenvalue weighted by atomic mass is 9.69. The van der Waals surface area contributed by atoms with Gasteiger partial charge in [0.1, 0.15) is 0 Å². The molecule has 1 aliphatic carbocycles. The Bertz CT molecular complexity index is 313. The molecule has 3 heteroatoms. The zero-order valence-electron chi connectivity index (χ0n) is 13.0. The second kappa shape index (κ2) is 5.82. The van der Waals surface area contributed by atoms with E-state index in [9.17, 15) is 4.79 Å². The van der Waals surface area contributed by atoms with Crippen LogP contribution in [-0.2, 0) is 4.79 Å². The van der Waals surface area contributed by atoms with E-state index in [1.165, 1.54) is 12.8 Å². The Kier molecular flexibility index (Phi) is 4.54. The number of amides is 1. The van der Waals surface area contributed by atoms with Crippen molar-refractivity contribution in [3.05, 3.63) is 0 Å². The Hall–Kier alpha value is -0.570. The second-order valence-corrected chi connectivity index (χ2v) is 7.50. The Labute approximate surface area is 118 Å². The monoisotopic (exact) mass is 266 g/mol. The highest BCUT2D eigenvalue weighted by Gasteiger charge is 2.35. The summed E-state index contributed by atoms with van der Waals surface area (Å²) in [6, 6.07) is 0.363. The Morgan fingerprint density at radius 2 is 1.79 bits per heavy atom. The van der Waals surface area contributed by atoms with E-state index in [1.54, 1.807) is 0 Å². The van der Waals surface area contributed by atoms with Crippen molar-refractivity contribution in [1.29, 1.82) is 0 Å². The van der Waals surface area contributed by atoms with E-state index in [1.807, 2.05) is 0 Å². The lowest BCUT2D eigenvalue weighted by Crippen LogP contribution is -2.54. The van der Waals surface area contributed by atoms with Gasteiger partial charge in [0.15, 0.2) is 0 Å². The van der Waals surface area contributed by atoms with Crippen molar-refractivity contribution in [2.24, 2.45) is 17.3 Å². The zero-order valence-corrected chi connectivity index (χ0v) is 13.0. The molecule has 1 unspecified atom stereocenters. The third kappa shape index (κ3) is 3.50. The van der Waals surface area contributed by atoms with E-state index in [4.69, 9.17) is 0 Å². The van der Waals surface area contributed by atoms with Gasteiger partial charge in [-0.2, -0.15) is 0 Å². The summed E-state index contributed by atoms with van der Waals surface area (Å²) in [7, 11) is 0. The predicted octanol–water partition coefficient (Wildman–Crippen LogP) is 2.66. The number of nitrogens with one attached hydrogen (secondary N) is 1. The fraction of sp³-hybridized carbons (Fsp3) is 0.938. The highest BCUT2D eigenvalue weighted by Crippen LogP contribution is 2.40. The lowest BCUT2D eigenvalue weighted by Gasteiger charge is -2.40. The van der Waals surface area contributed by atoms with Crippen molar-refractivity contribution in [2.45, 2.75) is 59.4 Å². The van der Waals surface area contributed by atoms with Crippen LogP contribution in [-0.4, -0.2) is 36.5 Å². The Morgan fingerprint density at radius 3 is 2.32 bits per heavy atom. The largest absolute Gasteiger partial charge is 0.337 e. The molecule has 19 heavy (non-hydrogen) atoms. The highest BCUT2D eigenvalue weighted by molar-refractivity contribution is 5.79.